The topological polar surface area (TPSA) is 51.4 Å². The maximum Gasteiger partial charge on any atom is 0.258 e. The van der Waals surface area contributed by atoms with Crippen LogP contribution in [0.15, 0.2) is 28.8 Å². The highest BCUT2D eigenvalue weighted by Crippen LogP contribution is 2.23. The Kier molecular flexibility index (Phi) is 3.80. The van der Waals surface area contributed by atoms with Crippen molar-refractivity contribution in [3.05, 3.63) is 35.7 Å². The molecule has 2 heterocycles. The largest absolute Gasteiger partial charge is 0.367 e. The Hall–Kier alpha value is -1.72. The molecule has 0 radical (unpaired) electrons. The van der Waals surface area contributed by atoms with Gasteiger partial charge in [0.05, 0.1) is 6.61 Å². The van der Waals surface area contributed by atoms with Gasteiger partial charge in [0.1, 0.15) is 6.10 Å². The number of morpholine rings is 1. The second kappa shape index (κ2) is 5.73. The molecule has 1 aliphatic rings. The quantitative estimate of drug-likeness (QED) is 0.859. The molecule has 0 N–H and O–H groups in total. The Morgan fingerprint density at radius 1 is 1.30 bits per heavy atom. The van der Waals surface area contributed by atoms with E-state index in [1.807, 2.05) is 12.1 Å². The normalized spacial score (nSPS) is 20.2. The summed E-state index contributed by atoms with van der Waals surface area (Å²) in [7, 11) is 2.07. The fourth-order valence-electron chi connectivity index (χ4n) is 2.30. The number of hydrogen-bond acceptors (Lipinski definition) is 5. The molecule has 1 aliphatic heterocycles. The van der Waals surface area contributed by atoms with Gasteiger partial charge in [-0.2, -0.15) is 4.98 Å². The number of aryl methyl sites for hydroxylation is 1. The lowest BCUT2D eigenvalue weighted by Gasteiger charge is -2.27. The number of hydrogen-bond donors (Lipinski definition) is 0. The van der Waals surface area contributed by atoms with Crippen LogP contribution in [-0.4, -0.2) is 41.8 Å². The Morgan fingerprint density at radius 2 is 2.10 bits per heavy atom. The molecule has 5 nitrogen and oxygen atoms in total. The summed E-state index contributed by atoms with van der Waals surface area (Å²) in [6.45, 7) is 4.58. The molecule has 20 heavy (non-hydrogen) atoms. The zero-order chi connectivity index (χ0) is 13.9. The summed E-state index contributed by atoms with van der Waals surface area (Å²) in [6.07, 6.45) is 0.929. The summed E-state index contributed by atoms with van der Waals surface area (Å²) in [5.41, 5.74) is 2.25. The molecule has 0 spiro atoms. The standard InChI is InChI=1S/C15H19N3O2/c1-3-11-4-6-12(7-5-11)15-16-14(17-20-15)13-10-18(2)8-9-19-13/h4-7,13H,3,8-10H2,1-2H3. The van der Waals surface area contributed by atoms with E-state index in [-0.39, 0.29) is 6.10 Å². The van der Waals surface area contributed by atoms with Gasteiger partial charge in [-0.15, -0.1) is 0 Å². The van der Waals surface area contributed by atoms with Crippen molar-refractivity contribution in [1.82, 2.24) is 15.0 Å². The first-order valence-corrected chi connectivity index (χ1v) is 6.99. The molecule has 1 atom stereocenters. The van der Waals surface area contributed by atoms with Crippen LogP contribution in [0.4, 0.5) is 0 Å². The monoisotopic (exact) mass is 273 g/mol. The number of benzene rings is 1. The minimum absolute atomic E-state index is 0.0961. The van der Waals surface area contributed by atoms with Gasteiger partial charge < -0.3 is 14.2 Å². The van der Waals surface area contributed by atoms with Crippen molar-refractivity contribution in [3.8, 4) is 11.5 Å². The lowest BCUT2D eigenvalue weighted by molar-refractivity contribution is -0.0264. The molecule has 1 unspecified atom stereocenters. The van der Waals surface area contributed by atoms with Crippen molar-refractivity contribution >= 4 is 0 Å². The molecule has 1 fully saturated rings. The van der Waals surface area contributed by atoms with E-state index in [0.29, 0.717) is 18.3 Å². The van der Waals surface area contributed by atoms with E-state index in [1.54, 1.807) is 0 Å². The summed E-state index contributed by atoms with van der Waals surface area (Å²) in [4.78, 5) is 6.67. The first-order valence-electron chi connectivity index (χ1n) is 6.99. The molecule has 2 aromatic rings. The summed E-state index contributed by atoms with van der Waals surface area (Å²) in [5.74, 6) is 1.19. The van der Waals surface area contributed by atoms with Crippen molar-refractivity contribution < 1.29 is 9.26 Å². The molecule has 0 aliphatic carbocycles. The van der Waals surface area contributed by atoms with E-state index in [0.717, 1.165) is 25.1 Å². The van der Waals surface area contributed by atoms with Crippen LogP contribution in [-0.2, 0) is 11.2 Å². The van der Waals surface area contributed by atoms with Gasteiger partial charge in [-0.05, 0) is 31.2 Å². The van der Waals surface area contributed by atoms with Gasteiger partial charge in [-0.1, -0.05) is 24.2 Å². The van der Waals surface area contributed by atoms with Gasteiger partial charge in [0.25, 0.3) is 5.89 Å². The lowest BCUT2D eigenvalue weighted by atomic mass is 10.1. The van der Waals surface area contributed by atoms with Crippen LogP contribution in [0.5, 0.6) is 0 Å². The molecule has 106 valence electrons. The van der Waals surface area contributed by atoms with E-state index < -0.39 is 0 Å². The Labute approximate surface area is 118 Å². The molecule has 0 saturated carbocycles. The van der Waals surface area contributed by atoms with Crippen molar-refractivity contribution in [2.75, 3.05) is 26.7 Å². The van der Waals surface area contributed by atoms with Crippen molar-refractivity contribution in [2.45, 2.75) is 19.4 Å². The average Bonchev–Trinajstić information content (AvgIpc) is 2.97. The van der Waals surface area contributed by atoms with Crippen LogP contribution in [0.25, 0.3) is 11.5 Å². The van der Waals surface area contributed by atoms with Crippen LogP contribution < -0.4 is 0 Å². The molecule has 0 bridgehead atoms. The van der Waals surface area contributed by atoms with Crippen molar-refractivity contribution in [1.29, 1.82) is 0 Å². The zero-order valence-corrected chi connectivity index (χ0v) is 11.9. The van der Waals surface area contributed by atoms with Gasteiger partial charge in [0.15, 0.2) is 0 Å². The molecule has 1 aromatic heterocycles. The van der Waals surface area contributed by atoms with Gasteiger partial charge >= 0.3 is 0 Å². The van der Waals surface area contributed by atoms with Crippen molar-refractivity contribution in [2.24, 2.45) is 0 Å². The smallest absolute Gasteiger partial charge is 0.258 e. The molecule has 1 saturated heterocycles. The minimum atomic E-state index is -0.0961. The highest BCUT2D eigenvalue weighted by molar-refractivity contribution is 5.53. The van der Waals surface area contributed by atoms with Crippen LogP contribution >= 0.6 is 0 Å². The first-order chi connectivity index (χ1) is 9.76. The van der Waals surface area contributed by atoms with Gasteiger partial charge in [-0.3, -0.25) is 0 Å². The van der Waals surface area contributed by atoms with Crippen LogP contribution in [0.1, 0.15) is 24.4 Å². The number of rotatable bonds is 3. The van der Waals surface area contributed by atoms with Crippen molar-refractivity contribution in [3.63, 3.8) is 0 Å². The van der Waals surface area contributed by atoms with E-state index in [2.05, 4.69) is 41.1 Å². The second-order valence-corrected chi connectivity index (χ2v) is 5.13. The zero-order valence-electron chi connectivity index (χ0n) is 11.9. The van der Waals surface area contributed by atoms with E-state index in [4.69, 9.17) is 9.26 Å². The Bertz CT molecular complexity index is 565. The van der Waals surface area contributed by atoms with Crippen LogP contribution in [0.2, 0.25) is 0 Å². The third-order valence-electron chi connectivity index (χ3n) is 3.61. The minimum Gasteiger partial charge on any atom is -0.367 e. The van der Waals surface area contributed by atoms with Gasteiger partial charge in [-0.25, -0.2) is 0 Å². The number of ether oxygens (including phenoxy) is 1. The highest BCUT2D eigenvalue weighted by atomic mass is 16.5. The molecular weight excluding hydrogens is 254 g/mol. The Balaban J connectivity index is 1.78. The Morgan fingerprint density at radius 3 is 2.80 bits per heavy atom. The molecular formula is C15H19N3O2. The van der Waals surface area contributed by atoms with Crippen LogP contribution in [0.3, 0.4) is 0 Å². The average molecular weight is 273 g/mol. The predicted octanol–water partition coefficient (Wildman–Crippen LogP) is 2.30. The van der Waals surface area contributed by atoms with Crippen LogP contribution in [0, 0.1) is 0 Å². The first kappa shape index (κ1) is 13.3. The molecule has 3 rings (SSSR count). The molecule has 0 amide bonds. The fourth-order valence-corrected chi connectivity index (χ4v) is 2.30. The maximum absolute atomic E-state index is 5.69. The molecule has 1 aromatic carbocycles. The number of likely N-dealkylation sites (N-methyl/N-ethyl adjacent to an activating group) is 1. The predicted molar refractivity (Wildman–Crippen MR) is 75.3 cm³/mol. The highest BCUT2D eigenvalue weighted by Gasteiger charge is 2.24. The maximum atomic E-state index is 5.69. The number of aromatic nitrogens is 2. The molecule has 5 heteroatoms. The van der Waals surface area contributed by atoms with Gasteiger partial charge in [0, 0.05) is 18.7 Å². The van der Waals surface area contributed by atoms with Gasteiger partial charge in [0.2, 0.25) is 5.82 Å². The van der Waals surface area contributed by atoms with E-state index in [9.17, 15) is 0 Å². The summed E-state index contributed by atoms with van der Waals surface area (Å²) < 4.78 is 11.0. The summed E-state index contributed by atoms with van der Waals surface area (Å²) in [6, 6.07) is 8.21. The third-order valence-corrected chi connectivity index (χ3v) is 3.61. The number of nitrogens with zero attached hydrogens (tertiary/aromatic N) is 3. The SMILES string of the molecule is CCc1ccc(-c2nc(C3CN(C)CCO3)no2)cc1. The third kappa shape index (κ3) is 2.73. The summed E-state index contributed by atoms with van der Waals surface area (Å²) in [5, 5.41) is 4.06. The summed E-state index contributed by atoms with van der Waals surface area (Å²) >= 11 is 0. The lowest BCUT2D eigenvalue weighted by Crippen LogP contribution is -2.35. The second-order valence-electron chi connectivity index (χ2n) is 5.13. The fraction of sp³-hybridized carbons (Fsp3) is 0.467. The van der Waals surface area contributed by atoms with E-state index >= 15 is 0 Å². The van der Waals surface area contributed by atoms with E-state index in [1.165, 1.54) is 5.56 Å².